The van der Waals surface area contributed by atoms with Crippen LogP contribution in [-0.4, -0.2) is 51.7 Å². The maximum absolute atomic E-state index is 12.6. The summed E-state index contributed by atoms with van der Waals surface area (Å²) < 4.78 is 7.61. The van der Waals surface area contributed by atoms with Gasteiger partial charge in [-0.25, -0.2) is 4.98 Å². The number of H-pyrrole nitrogens is 2. The van der Waals surface area contributed by atoms with Gasteiger partial charge in [-0.1, -0.05) is 24.3 Å². The first-order chi connectivity index (χ1) is 16.5. The Balaban J connectivity index is 1.51. The van der Waals surface area contributed by atoms with Crippen molar-refractivity contribution in [1.29, 1.82) is 0 Å². The highest BCUT2D eigenvalue weighted by molar-refractivity contribution is 5.51. The number of ether oxygens (including phenoxy) is 1. The number of nitrogens with one attached hydrogen (secondary N) is 2. The number of aromatic nitrogens is 4. The quantitative estimate of drug-likeness (QED) is 0.388. The van der Waals surface area contributed by atoms with Crippen LogP contribution in [0.2, 0.25) is 0 Å². The van der Waals surface area contributed by atoms with Crippen LogP contribution in [0.4, 0.5) is 0 Å². The maximum atomic E-state index is 12.6. The summed E-state index contributed by atoms with van der Waals surface area (Å²) >= 11 is 0. The van der Waals surface area contributed by atoms with E-state index in [1.165, 1.54) is 0 Å². The van der Waals surface area contributed by atoms with Crippen molar-refractivity contribution in [3.63, 3.8) is 0 Å². The van der Waals surface area contributed by atoms with Gasteiger partial charge in [-0.3, -0.25) is 9.59 Å². The van der Waals surface area contributed by atoms with Crippen LogP contribution in [0.3, 0.4) is 0 Å². The van der Waals surface area contributed by atoms with Gasteiger partial charge >= 0.3 is 0 Å². The third-order valence-corrected chi connectivity index (χ3v) is 5.20. The number of benzene rings is 2. The molecule has 8 nitrogen and oxygen atoms in total. The molecule has 4 aromatic rings. The molecule has 0 fully saturated rings. The highest BCUT2D eigenvalue weighted by atomic mass is 16.5. The molecule has 2 heterocycles. The second-order valence-electron chi connectivity index (χ2n) is 8.16. The molecule has 2 N–H and O–H groups in total. The SMILES string of the molecule is CN(C)CCCOc1ccc(/C=c2\[nH]c(=O)/c(=C/c3ccc(-n4ccnc4)cc3)[nH]c2=O)cc1. The molecule has 34 heavy (non-hydrogen) atoms. The van der Waals surface area contributed by atoms with E-state index < -0.39 is 0 Å². The number of aromatic amines is 2. The minimum absolute atomic E-state index is 0.192. The van der Waals surface area contributed by atoms with Gasteiger partial charge in [0.15, 0.2) is 0 Å². The fourth-order valence-electron chi connectivity index (χ4n) is 3.42. The Morgan fingerprint density at radius 2 is 1.50 bits per heavy atom. The predicted molar refractivity (Wildman–Crippen MR) is 133 cm³/mol. The molecule has 0 saturated carbocycles. The molecule has 0 spiro atoms. The van der Waals surface area contributed by atoms with E-state index >= 15 is 0 Å². The zero-order valence-electron chi connectivity index (χ0n) is 19.2. The van der Waals surface area contributed by atoms with E-state index in [9.17, 15) is 9.59 Å². The Hall–Kier alpha value is -4.17. The summed E-state index contributed by atoms with van der Waals surface area (Å²) in [5.41, 5.74) is 1.79. The molecule has 0 atom stereocenters. The Morgan fingerprint density at radius 3 is 2.03 bits per heavy atom. The minimum Gasteiger partial charge on any atom is -0.494 e. The number of hydrogen-bond donors (Lipinski definition) is 2. The van der Waals surface area contributed by atoms with Crippen LogP contribution in [0.25, 0.3) is 17.8 Å². The molecule has 0 unspecified atom stereocenters. The Labute approximate surface area is 196 Å². The molecule has 0 aliphatic carbocycles. The summed E-state index contributed by atoms with van der Waals surface area (Å²) in [4.78, 5) is 36.7. The van der Waals surface area contributed by atoms with Gasteiger partial charge in [0.2, 0.25) is 0 Å². The molecule has 2 aromatic carbocycles. The average Bonchev–Trinajstić information content (AvgIpc) is 3.36. The smallest absolute Gasteiger partial charge is 0.272 e. The van der Waals surface area contributed by atoms with Crippen molar-refractivity contribution in [2.75, 3.05) is 27.2 Å². The summed E-state index contributed by atoms with van der Waals surface area (Å²) in [6, 6.07) is 15.0. The second-order valence-corrected chi connectivity index (χ2v) is 8.16. The number of imidazole rings is 1. The van der Waals surface area contributed by atoms with E-state index in [-0.39, 0.29) is 21.8 Å². The van der Waals surface area contributed by atoms with Crippen molar-refractivity contribution >= 4 is 12.2 Å². The minimum atomic E-state index is -0.370. The molecule has 0 amide bonds. The average molecular weight is 458 g/mol. The van der Waals surface area contributed by atoms with E-state index in [1.54, 1.807) is 24.7 Å². The van der Waals surface area contributed by atoms with Crippen LogP contribution in [-0.2, 0) is 0 Å². The molecular formula is C26H27N5O3. The molecule has 0 saturated heterocycles. The number of hydrogen-bond acceptors (Lipinski definition) is 5. The second kappa shape index (κ2) is 10.6. The largest absolute Gasteiger partial charge is 0.494 e. The van der Waals surface area contributed by atoms with Crippen molar-refractivity contribution in [3.05, 3.63) is 110 Å². The van der Waals surface area contributed by atoms with Gasteiger partial charge in [0.1, 0.15) is 16.4 Å². The monoisotopic (exact) mass is 457 g/mol. The molecule has 174 valence electrons. The fourth-order valence-corrected chi connectivity index (χ4v) is 3.42. The van der Waals surface area contributed by atoms with Gasteiger partial charge in [0, 0.05) is 24.6 Å². The zero-order chi connectivity index (χ0) is 23.9. The Kier molecular flexibility index (Phi) is 7.19. The van der Waals surface area contributed by atoms with Gasteiger partial charge in [-0.15, -0.1) is 0 Å². The summed E-state index contributed by atoms with van der Waals surface area (Å²) in [5.74, 6) is 0.766. The van der Waals surface area contributed by atoms with Crippen LogP contribution in [0.1, 0.15) is 17.5 Å². The van der Waals surface area contributed by atoms with Crippen LogP contribution in [0.15, 0.2) is 76.8 Å². The van der Waals surface area contributed by atoms with E-state index in [0.29, 0.717) is 6.61 Å². The van der Waals surface area contributed by atoms with Crippen LogP contribution < -0.4 is 26.6 Å². The molecule has 2 aromatic heterocycles. The van der Waals surface area contributed by atoms with Gasteiger partial charge in [-0.05, 0) is 68.1 Å². The fraction of sp³-hybridized carbons (Fsp3) is 0.192. The maximum Gasteiger partial charge on any atom is 0.272 e. The first-order valence-electron chi connectivity index (χ1n) is 11.0. The van der Waals surface area contributed by atoms with E-state index in [1.807, 2.05) is 73.4 Å². The van der Waals surface area contributed by atoms with Gasteiger partial charge in [0.25, 0.3) is 11.1 Å². The van der Waals surface area contributed by atoms with Gasteiger partial charge in [0.05, 0.1) is 12.9 Å². The summed E-state index contributed by atoms with van der Waals surface area (Å²) in [6.45, 7) is 1.60. The molecule has 8 heteroatoms. The van der Waals surface area contributed by atoms with Crippen LogP contribution in [0.5, 0.6) is 5.75 Å². The third kappa shape index (κ3) is 5.99. The first kappa shape index (κ1) is 23.0. The standard InChI is InChI=1S/C26H27N5O3/c1-30(2)13-3-15-34-22-10-6-20(7-11-22)17-24-26(33)28-23(25(32)29-24)16-19-4-8-21(9-5-19)31-14-12-27-18-31/h4-12,14,16-18H,3,13,15H2,1-2H3,(H,28,33)(H,29,32)/b23-16-,24-17-. The van der Waals surface area contributed by atoms with E-state index in [4.69, 9.17) is 4.74 Å². The summed E-state index contributed by atoms with van der Waals surface area (Å²) in [7, 11) is 4.06. The van der Waals surface area contributed by atoms with Gasteiger partial charge < -0.3 is 24.2 Å². The molecular weight excluding hydrogens is 430 g/mol. The normalized spacial score (nSPS) is 12.4. The molecule has 0 radical (unpaired) electrons. The highest BCUT2D eigenvalue weighted by Gasteiger charge is 2.00. The lowest BCUT2D eigenvalue weighted by Gasteiger charge is -2.10. The number of nitrogens with zero attached hydrogens (tertiary/aromatic N) is 3. The van der Waals surface area contributed by atoms with Crippen molar-refractivity contribution in [1.82, 2.24) is 24.4 Å². The Morgan fingerprint density at radius 1 is 0.912 bits per heavy atom. The molecule has 0 aliphatic rings. The van der Waals surface area contributed by atoms with E-state index in [2.05, 4.69) is 19.9 Å². The number of rotatable bonds is 8. The first-order valence-corrected chi connectivity index (χ1v) is 11.0. The highest BCUT2D eigenvalue weighted by Crippen LogP contribution is 2.13. The predicted octanol–water partition coefficient (Wildman–Crippen LogP) is 1.24. The van der Waals surface area contributed by atoms with E-state index in [0.717, 1.165) is 35.5 Å². The van der Waals surface area contributed by atoms with Crippen molar-refractivity contribution in [2.24, 2.45) is 0 Å². The zero-order valence-corrected chi connectivity index (χ0v) is 19.2. The lowest BCUT2D eigenvalue weighted by Crippen LogP contribution is -2.46. The Bertz CT molecular complexity index is 1450. The molecule has 4 rings (SSSR count). The van der Waals surface area contributed by atoms with Crippen molar-refractivity contribution in [2.45, 2.75) is 6.42 Å². The van der Waals surface area contributed by atoms with Crippen molar-refractivity contribution in [3.8, 4) is 11.4 Å². The summed E-state index contributed by atoms with van der Waals surface area (Å²) in [6.07, 6.45) is 9.49. The topological polar surface area (TPSA) is 96.0 Å². The lowest BCUT2D eigenvalue weighted by atomic mass is 10.2. The lowest BCUT2D eigenvalue weighted by molar-refractivity contribution is 0.281. The van der Waals surface area contributed by atoms with Crippen LogP contribution >= 0.6 is 0 Å². The molecule has 0 bridgehead atoms. The third-order valence-electron chi connectivity index (χ3n) is 5.20. The summed E-state index contributed by atoms with van der Waals surface area (Å²) in [5, 5.41) is 0.385. The van der Waals surface area contributed by atoms with Gasteiger partial charge in [-0.2, -0.15) is 0 Å². The van der Waals surface area contributed by atoms with Crippen molar-refractivity contribution < 1.29 is 4.74 Å². The molecule has 0 aliphatic heterocycles. The van der Waals surface area contributed by atoms with Crippen LogP contribution in [0, 0.1) is 0 Å².